The van der Waals surface area contributed by atoms with E-state index < -0.39 is 0 Å². The fourth-order valence-electron chi connectivity index (χ4n) is 2.84. The number of aryl methyl sites for hydroxylation is 1. The molecule has 1 aliphatic heterocycles. The molecule has 1 fully saturated rings. The van der Waals surface area contributed by atoms with Crippen molar-refractivity contribution in [3.8, 4) is 0 Å². The molecule has 3 rings (SSSR count). The molecular formula is C18H24N6O2. The van der Waals surface area contributed by atoms with Crippen molar-refractivity contribution in [3.63, 3.8) is 0 Å². The Kier molecular flexibility index (Phi) is 5.83. The maximum absolute atomic E-state index is 12.2. The highest BCUT2D eigenvalue weighted by molar-refractivity contribution is 5.91. The minimum Gasteiger partial charge on any atom is -0.351 e. The van der Waals surface area contributed by atoms with Crippen molar-refractivity contribution < 1.29 is 9.59 Å². The average molecular weight is 356 g/mol. The summed E-state index contributed by atoms with van der Waals surface area (Å²) in [6, 6.07) is 10.2. The first-order chi connectivity index (χ1) is 12.7. The molecule has 138 valence electrons. The molecule has 0 atom stereocenters. The van der Waals surface area contributed by atoms with Crippen molar-refractivity contribution in [2.75, 3.05) is 26.2 Å². The number of hydrogen-bond donors (Lipinski definition) is 2. The second-order valence-corrected chi connectivity index (χ2v) is 6.32. The SMILES string of the molecule is CCNC(=O)N1CC(n2cc(C(=O)NCCCc3ccccc3)nn2)C1. The highest BCUT2D eigenvalue weighted by Gasteiger charge is 2.32. The highest BCUT2D eigenvalue weighted by atomic mass is 16.2. The molecule has 1 saturated heterocycles. The third-order valence-corrected chi connectivity index (χ3v) is 4.37. The van der Waals surface area contributed by atoms with Crippen LogP contribution >= 0.6 is 0 Å². The lowest BCUT2D eigenvalue weighted by Gasteiger charge is -2.38. The predicted octanol–water partition coefficient (Wildman–Crippen LogP) is 1.23. The molecule has 2 aromatic rings. The van der Waals surface area contributed by atoms with Crippen molar-refractivity contribution >= 4 is 11.9 Å². The lowest BCUT2D eigenvalue weighted by atomic mass is 10.1. The first kappa shape index (κ1) is 17.9. The van der Waals surface area contributed by atoms with Gasteiger partial charge in [-0.3, -0.25) is 4.79 Å². The zero-order valence-corrected chi connectivity index (χ0v) is 14.9. The van der Waals surface area contributed by atoms with Crippen LogP contribution in [-0.2, 0) is 6.42 Å². The van der Waals surface area contributed by atoms with Gasteiger partial charge in [-0.25, -0.2) is 9.48 Å². The number of amides is 3. The van der Waals surface area contributed by atoms with Crippen LogP contribution in [0.3, 0.4) is 0 Å². The smallest absolute Gasteiger partial charge is 0.317 e. The number of hydrogen-bond acceptors (Lipinski definition) is 4. The van der Waals surface area contributed by atoms with Gasteiger partial charge >= 0.3 is 6.03 Å². The molecule has 2 heterocycles. The zero-order valence-electron chi connectivity index (χ0n) is 14.9. The van der Waals surface area contributed by atoms with Crippen LogP contribution in [0, 0.1) is 0 Å². The Morgan fingerprint density at radius 3 is 2.69 bits per heavy atom. The molecule has 1 aromatic heterocycles. The fourth-order valence-corrected chi connectivity index (χ4v) is 2.84. The van der Waals surface area contributed by atoms with Gasteiger partial charge in [-0.2, -0.15) is 0 Å². The van der Waals surface area contributed by atoms with Gasteiger partial charge in [0.15, 0.2) is 5.69 Å². The minimum atomic E-state index is -0.218. The zero-order chi connectivity index (χ0) is 18.4. The third-order valence-electron chi connectivity index (χ3n) is 4.37. The summed E-state index contributed by atoms with van der Waals surface area (Å²) < 4.78 is 1.66. The van der Waals surface area contributed by atoms with E-state index in [2.05, 4.69) is 33.1 Å². The van der Waals surface area contributed by atoms with E-state index in [0.717, 1.165) is 12.8 Å². The molecule has 26 heavy (non-hydrogen) atoms. The predicted molar refractivity (Wildman–Crippen MR) is 96.8 cm³/mol. The van der Waals surface area contributed by atoms with E-state index in [1.165, 1.54) is 5.56 Å². The van der Waals surface area contributed by atoms with Crippen LogP contribution in [0.5, 0.6) is 0 Å². The molecule has 0 bridgehead atoms. The number of likely N-dealkylation sites (tertiary alicyclic amines) is 1. The quantitative estimate of drug-likeness (QED) is 0.730. The first-order valence-electron chi connectivity index (χ1n) is 8.94. The number of carbonyl (C=O) groups is 2. The van der Waals surface area contributed by atoms with E-state index in [4.69, 9.17) is 0 Å². The van der Waals surface area contributed by atoms with Gasteiger partial charge in [0, 0.05) is 26.2 Å². The Morgan fingerprint density at radius 2 is 1.96 bits per heavy atom. The Morgan fingerprint density at radius 1 is 1.19 bits per heavy atom. The number of aromatic nitrogens is 3. The molecule has 0 radical (unpaired) electrons. The first-order valence-corrected chi connectivity index (χ1v) is 8.94. The lowest BCUT2D eigenvalue weighted by molar-refractivity contribution is 0.0947. The Hall–Kier alpha value is -2.90. The molecule has 2 N–H and O–H groups in total. The Bertz CT molecular complexity index is 739. The van der Waals surface area contributed by atoms with Crippen LogP contribution in [0.25, 0.3) is 0 Å². The maximum atomic E-state index is 12.2. The minimum absolute atomic E-state index is 0.0692. The summed E-state index contributed by atoms with van der Waals surface area (Å²) in [7, 11) is 0. The van der Waals surface area contributed by atoms with Gasteiger partial charge in [0.25, 0.3) is 5.91 Å². The fraction of sp³-hybridized carbons (Fsp3) is 0.444. The summed E-state index contributed by atoms with van der Waals surface area (Å²) in [6.45, 7) is 4.24. The Balaban J connectivity index is 1.40. The molecule has 3 amide bonds. The van der Waals surface area contributed by atoms with E-state index in [1.54, 1.807) is 15.8 Å². The van der Waals surface area contributed by atoms with E-state index in [0.29, 0.717) is 31.9 Å². The normalized spacial score (nSPS) is 14.0. The summed E-state index contributed by atoms with van der Waals surface area (Å²) >= 11 is 0. The molecular weight excluding hydrogens is 332 g/mol. The summed E-state index contributed by atoms with van der Waals surface area (Å²) in [5, 5.41) is 13.6. The van der Waals surface area contributed by atoms with Gasteiger partial charge in [-0.15, -0.1) is 5.10 Å². The number of nitrogens with one attached hydrogen (secondary N) is 2. The molecule has 8 nitrogen and oxygen atoms in total. The van der Waals surface area contributed by atoms with Gasteiger partial charge in [0.1, 0.15) is 0 Å². The van der Waals surface area contributed by atoms with Gasteiger partial charge < -0.3 is 15.5 Å². The van der Waals surface area contributed by atoms with Crippen LogP contribution in [0.4, 0.5) is 4.79 Å². The standard InChI is InChI=1S/C18H24N6O2/c1-2-19-18(26)23-11-15(12-23)24-13-16(21-22-24)17(25)20-10-6-9-14-7-4-3-5-8-14/h3-5,7-8,13,15H,2,6,9-12H2,1H3,(H,19,26)(H,20,25). The summed E-state index contributed by atoms with van der Waals surface area (Å²) in [4.78, 5) is 25.5. The number of rotatable bonds is 7. The molecule has 1 aromatic carbocycles. The lowest BCUT2D eigenvalue weighted by Crippen LogP contribution is -2.54. The molecule has 0 aliphatic carbocycles. The van der Waals surface area contributed by atoms with Crippen LogP contribution in [0.2, 0.25) is 0 Å². The van der Waals surface area contributed by atoms with Crippen molar-refractivity contribution in [2.45, 2.75) is 25.8 Å². The van der Waals surface area contributed by atoms with E-state index >= 15 is 0 Å². The second-order valence-electron chi connectivity index (χ2n) is 6.32. The van der Waals surface area contributed by atoms with Gasteiger partial charge in [-0.1, -0.05) is 35.5 Å². The van der Waals surface area contributed by atoms with Crippen molar-refractivity contribution in [1.29, 1.82) is 0 Å². The van der Waals surface area contributed by atoms with Gasteiger partial charge in [-0.05, 0) is 25.3 Å². The largest absolute Gasteiger partial charge is 0.351 e. The number of nitrogens with zero attached hydrogens (tertiary/aromatic N) is 4. The summed E-state index contributed by atoms with van der Waals surface area (Å²) in [6.07, 6.45) is 3.44. The van der Waals surface area contributed by atoms with Crippen LogP contribution in [-0.4, -0.2) is 58.0 Å². The van der Waals surface area contributed by atoms with Crippen molar-refractivity contribution in [3.05, 3.63) is 47.8 Å². The number of carbonyl (C=O) groups excluding carboxylic acids is 2. The monoisotopic (exact) mass is 356 g/mol. The molecule has 0 spiro atoms. The van der Waals surface area contributed by atoms with E-state index in [1.807, 2.05) is 25.1 Å². The molecule has 1 aliphatic rings. The highest BCUT2D eigenvalue weighted by Crippen LogP contribution is 2.20. The third kappa shape index (κ3) is 4.38. The topological polar surface area (TPSA) is 92.2 Å². The van der Waals surface area contributed by atoms with Crippen molar-refractivity contribution in [2.24, 2.45) is 0 Å². The van der Waals surface area contributed by atoms with E-state index in [9.17, 15) is 9.59 Å². The van der Waals surface area contributed by atoms with Gasteiger partial charge in [0.05, 0.1) is 12.2 Å². The van der Waals surface area contributed by atoms with Crippen LogP contribution < -0.4 is 10.6 Å². The van der Waals surface area contributed by atoms with Crippen LogP contribution in [0.1, 0.15) is 35.4 Å². The number of urea groups is 1. The average Bonchev–Trinajstić information content (AvgIpc) is 3.08. The molecule has 0 unspecified atom stereocenters. The van der Waals surface area contributed by atoms with Gasteiger partial charge in [0.2, 0.25) is 0 Å². The molecule has 8 heteroatoms. The Labute approximate surface area is 152 Å². The summed E-state index contributed by atoms with van der Waals surface area (Å²) in [5.41, 5.74) is 1.57. The van der Waals surface area contributed by atoms with Crippen LogP contribution in [0.15, 0.2) is 36.5 Å². The number of benzene rings is 1. The summed E-state index contributed by atoms with van der Waals surface area (Å²) in [5.74, 6) is -0.218. The molecule has 0 saturated carbocycles. The van der Waals surface area contributed by atoms with Crippen molar-refractivity contribution in [1.82, 2.24) is 30.5 Å². The second kappa shape index (κ2) is 8.46. The van der Waals surface area contributed by atoms with E-state index in [-0.39, 0.29) is 18.0 Å². The maximum Gasteiger partial charge on any atom is 0.317 e.